The van der Waals surface area contributed by atoms with Crippen molar-refractivity contribution in [3.63, 3.8) is 0 Å². The van der Waals surface area contributed by atoms with E-state index in [9.17, 15) is 27.9 Å². The normalized spacial score (nSPS) is 30.8. The van der Waals surface area contributed by atoms with Gasteiger partial charge in [0.15, 0.2) is 5.69 Å². The molecule has 2 saturated heterocycles. The summed E-state index contributed by atoms with van der Waals surface area (Å²) in [6.45, 7) is 6.85. The van der Waals surface area contributed by atoms with Gasteiger partial charge >= 0.3 is 12.2 Å². The number of aliphatic hydroxyl groups excluding tert-OH is 1. The van der Waals surface area contributed by atoms with Crippen molar-refractivity contribution in [3.8, 4) is 0 Å². The fourth-order valence-electron chi connectivity index (χ4n) is 4.17. The summed E-state index contributed by atoms with van der Waals surface area (Å²) in [4.78, 5) is 30.1. The fraction of sp³-hybridized carbons (Fsp3) is 0.438. The number of rotatable bonds is 1. The minimum atomic E-state index is -4.77. The van der Waals surface area contributed by atoms with Gasteiger partial charge in [-0.2, -0.15) is 13.2 Å². The van der Waals surface area contributed by atoms with E-state index >= 15 is 0 Å². The number of hydrogen-bond donors (Lipinski definition) is 1. The highest BCUT2D eigenvalue weighted by molar-refractivity contribution is 6.22. The number of fused-ring (bicyclic) bond motifs is 5. The maximum absolute atomic E-state index is 13.1. The van der Waals surface area contributed by atoms with E-state index in [1.807, 2.05) is 0 Å². The van der Waals surface area contributed by atoms with E-state index in [4.69, 9.17) is 6.57 Å². The monoisotopic (exact) mass is 351 g/mol. The first kappa shape index (κ1) is 15.9. The number of benzene rings is 1. The summed E-state index contributed by atoms with van der Waals surface area (Å²) in [7, 11) is 0. The van der Waals surface area contributed by atoms with Crippen molar-refractivity contribution in [2.45, 2.75) is 37.2 Å². The third kappa shape index (κ3) is 2.07. The first-order valence-electron chi connectivity index (χ1n) is 7.67. The van der Waals surface area contributed by atoms with Crippen molar-refractivity contribution in [3.05, 3.63) is 35.2 Å². The number of alkyl halides is 3. The second-order valence-corrected chi connectivity index (χ2v) is 6.49. The molecule has 1 aromatic carbocycles. The van der Waals surface area contributed by atoms with E-state index in [1.165, 1.54) is 11.0 Å². The zero-order chi connectivity index (χ0) is 18.1. The van der Waals surface area contributed by atoms with Crippen LogP contribution in [0.15, 0.2) is 18.2 Å². The molecule has 2 bridgehead atoms. The van der Waals surface area contributed by atoms with Gasteiger partial charge in [0.05, 0.1) is 30.0 Å². The van der Waals surface area contributed by atoms with Crippen LogP contribution in [-0.2, 0) is 11.0 Å². The van der Waals surface area contributed by atoms with Crippen LogP contribution in [0.3, 0.4) is 0 Å². The molecule has 0 spiro atoms. The largest absolute Gasteiger partial charge is 0.407 e. The highest BCUT2D eigenvalue weighted by Gasteiger charge is 2.62. The molecule has 25 heavy (non-hydrogen) atoms. The average molecular weight is 351 g/mol. The number of carbonyl (C=O) groups is 2. The summed E-state index contributed by atoms with van der Waals surface area (Å²) >= 11 is 0. The van der Waals surface area contributed by atoms with Crippen LogP contribution in [0.1, 0.15) is 18.4 Å². The van der Waals surface area contributed by atoms with Crippen LogP contribution < -0.4 is 4.90 Å². The van der Waals surface area contributed by atoms with E-state index in [0.717, 1.165) is 11.0 Å². The molecule has 1 aromatic rings. The summed E-state index contributed by atoms with van der Waals surface area (Å²) in [6, 6.07) is 0.864. The second-order valence-electron chi connectivity index (χ2n) is 6.49. The second kappa shape index (κ2) is 4.95. The van der Waals surface area contributed by atoms with E-state index in [-0.39, 0.29) is 11.6 Å². The molecule has 0 radical (unpaired) electrons. The zero-order valence-electron chi connectivity index (χ0n) is 12.7. The van der Waals surface area contributed by atoms with Crippen molar-refractivity contribution in [2.24, 2.45) is 5.92 Å². The highest BCUT2D eigenvalue weighted by Crippen LogP contribution is 2.48. The molecule has 2 aliphatic heterocycles. The number of piperidine rings is 1. The molecule has 4 atom stereocenters. The summed E-state index contributed by atoms with van der Waals surface area (Å²) in [5.41, 5.74) is -1.99. The zero-order valence-corrected chi connectivity index (χ0v) is 12.7. The van der Waals surface area contributed by atoms with E-state index in [0.29, 0.717) is 18.9 Å². The van der Waals surface area contributed by atoms with Crippen LogP contribution in [0.25, 0.3) is 4.85 Å². The number of hydrogen-bond acceptors (Lipinski definition) is 3. The average Bonchev–Trinajstić information content (AvgIpc) is 3.17. The molecule has 6 nitrogen and oxygen atoms in total. The molecule has 130 valence electrons. The fourth-order valence-corrected chi connectivity index (χ4v) is 4.17. The molecule has 9 heteroatoms. The molecule has 3 amide bonds. The number of urea groups is 1. The summed E-state index contributed by atoms with van der Waals surface area (Å²) in [5, 5.41) is 9.94. The van der Waals surface area contributed by atoms with Crippen LogP contribution in [0, 0.1) is 12.5 Å². The molecule has 3 fully saturated rings. The Kier molecular flexibility index (Phi) is 3.15. The number of aliphatic hydroxyl groups is 1. The SMILES string of the molecule is [C-]#[N+]c1ccc(N2C(=O)[C@H]3C4CC([C@@H](O)C4)N3C2=O)cc1C(F)(F)F. The lowest BCUT2D eigenvalue weighted by molar-refractivity contribution is -0.136. The quantitative estimate of drug-likeness (QED) is 0.625. The van der Waals surface area contributed by atoms with Crippen molar-refractivity contribution < 1.29 is 27.9 Å². The maximum atomic E-state index is 13.1. The Balaban J connectivity index is 1.75. The summed E-state index contributed by atoms with van der Waals surface area (Å²) < 4.78 is 39.4. The van der Waals surface area contributed by atoms with Crippen LogP contribution in [0.5, 0.6) is 0 Å². The van der Waals surface area contributed by atoms with Gasteiger partial charge in [-0.15, -0.1) is 0 Å². The van der Waals surface area contributed by atoms with Crippen LogP contribution in [-0.4, -0.2) is 40.1 Å². The molecule has 1 aliphatic carbocycles. The predicted octanol–water partition coefficient (Wildman–Crippen LogP) is 2.55. The maximum Gasteiger partial charge on any atom is 0.407 e. The lowest BCUT2D eigenvalue weighted by atomic mass is 9.98. The Hall–Kier alpha value is -2.60. The molecule has 1 saturated carbocycles. The van der Waals surface area contributed by atoms with Crippen LogP contribution >= 0.6 is 0 Å². The smallest absolute Gasteiger partial charge is 0.391 e. The lowest BCUT2D eigenvalue weighted by Gasteiger charge is -2.29. The third-order valence-corrected chi connectivity index (χ3v) is 5.19. The Morgan fingerprint density at radius 3 is 2.60 bits per heavy atom. The Bertz CT molecular complexity index is 832. The number of carbonyl (C=O) groups excluding carboxylic acids is 2. The molecule has 3 aliphatic rings. The first-order chi connectivity index (χ1) is 11.7. The molecule has 4 rings (SSSR count). The number of amides is 3. The lowest BCUT2D eigenvalue weighted by Crippen LogP contribution is -2.47. The standard InChI is InChI=1S/C16H12F3N3O3/c1-20-10-3-2-8(6-9(10)16(17,18)19)21-14(24)13-7-4-11(12(23)5-7)22(13)15(21)25/h2-3,6-7,11-13,23H,4-5H2/t7?,11?,12-,13+/m0/s1. The third-order valence-electron chi connectivity index (χ3n) is 5.19. The predicted molar refractivity (Wildman–Crippen MR) is 78.7 cm³/mol. The molecular weight excluding hydrogens is 339 g/mol. The number of imide groups is 1. The Labute approximate surface area is 140 Å². The van der Waals surface area contributed by atoms with Gasteiger partial charge in [0.25, 0.3) is 5.91 Å². The van der Waals surface area contributed by atoms with Crippen molar-refractivity contribution in [1.82, 2.24) is 4.90 Å². The van der Waals surface area contributed by atoms with Gasteiger partial charge in [0.1, 0.15) is 6.04 Å². The molecule has 2 unspecified atom stereocenters. The van der Waals surface area contributed by atoms with Crippen molar-refractivity contribution >= 4 is 23.3 Å². The van der Waals surface area contributed by atoms with Gasteiger partial charge in [0, 0.05) is 0 Å². The van der Waals surface area contributed by atoms with Gasteiger partial charge in [-0.05, 0) is 30.9 Å². The molecule has 1 N–H and O–H groups in total. The van der Waals surface area contributed by atoms with E-state index in [1.54, 1.807) is 0 Å². The highest BCUT2D eigenvalue weighted by atomic mass is 19.4. The number of nitrogens with zero attached hydrogens (tertiary/aromatic N) is 3. The van der Waals surface area contributed by atoms with Crippen LogP contribution in [0.4, 0.5) is 29.3 Å². The summed E-state index contributed by atoms with van der Waals surface area (Å²) in [5.74, 6) is -0.751. The molecule has 2 heterocycles. The van der Waals surface area contributed by atoms with Gasteiger partial charge in [0.2, 0.25) is 0 Å². The minimum absolute atomic E-state index is 0.175. The minimum Gasteiger partial charge on any atom is -0.391 e. The Morgan fingerprint density at radius 1 is 1.24 bits per heavy atom. The number of anilines is 1. The number of halogens is 3. The topological polar surface area (TPSA) is 65.2 Å². The van der Waals surface area contributed by atoms with Gasteiger partial charge in [-0.1, -0.05) is 6.07 Å². The van der Waals surface area contributed by atoms with Gasteiger partial charge in [-0.25, -0.2) is 14.5 Å². The Morgan fingerprint density at radius 2 is 1.96 bits per heavy atom. The van der Waals surface area contributed by atoms with Crippen molar-refractivity contribution in [2.75, 3.05) is 4.90 Å². The van der Waals surface area contributed by atoms with Crippen molar-refractivity contribution in [1.29, 1.82) is 0 Å². The first-order valence-corrected chi connectivity index (χ1v) is 7.67. The van der Waals surface area contributed by atoms with Gasteiger partial charge < -0.3 is 10.0 Å². The van der Waals surface area contributed by atoms with Crippen LogP contribution in [0.2, 0.25) is 0 Å². The molecule has 0 aromatic heterocycles. The summed E-state index contributed by atoms with van der Waals surface area (Å²) in [6.07, 6.45) is -4.55. The van der Waals surface area contributed by atoms with E-state index in [2.05, 4.69) is 4.85 Å². The molecular formula is C16H12F3N3O3. The van der Waals surface area contributed by atoms with Gasteiger partial charge in [-0.3, -0.25) is 4.79 Å². The van der Waals surface area contributed by atoms with E-state index < -0.39 is 47.6 Å².